The summed E-state index contributed by atoms with van der Waals surface area (Å²) >= 11 is 0. The van der Waals surface area contributed by atoms with Gasteiger partial charge in [-0.3, -0.25) is 19.7 Å². The standard InChI is InChI=1S/C25H20N4O4/c1-2-28-25(31)22(24(30)26-19-15-9-10-16-20(19)29(32)33)21(17-11-5-3-6-12-17)23(27-28)18-13-7-4-8-14-18/h3-16H,2H2,1H3,(H,26,30). The van der Waals surface area contributed by atoms with E-state index in [2.05, 4.69) is 10.4 Å². The Balaban J connectivity index is 1.98. The quantitative estimate of drug-likeness (QED) is 0.344. The Hall–Kier alpha value is -4.59. The lowest BCUT2D eigenvalue weighted by atomic mass is 9.95. The van der Waals surface area contributed by atoms with Gasteiger partial charge in [-0.2, -0.15) is 5.10 Å². The third kappa shape index (κ3) is 4.27. The van der Waals surface area contributed by atoms with E-state index in [1.165, 1.54) is 22.9 Å². The van der Waals surface area contributed by atoms with Crippen LogP contribution >= 0.6 is 0 Å². The van der Waals surface area contributed by atoms with Crippen LogP contribution in [0.4, 0.5) is 11.4 Å². The minimum Gasteiger partial charge on any atom is -0.316 e. The molecule has 1 heterocycles. The van der Waals surface area contributed by atoms with Gasteiger partial charge in [-0.25, -0.2) is 4.68 Å². The second-order valence-corrected chi connectivity index (χ2v) is 7.18. The van der Waals surface area contributed by atoms with Crippen molar-refractivity contribution in [1.29, 1.82) is 0 Å². The third-order valence-electron chi connectivity index (χ3n) is 5.14. The first-order valence-corrected chi connectivity index (χ1v) is 10.3. The molecule has 0 spiro atoms. The number of nitrogens with one attached hydrogen (secondary N) is 1. The van der Waals surface area contributed by atoms with Gasteiger partial charge in [0, 0.05) is 23.7 Å². The Labute approximate surface area is 189 Å². The van der Waals surface area contributed by atoms with Crippen molar-refractivity contribution in [3.05, 3.63) is 111 Å². The number of carbonyl (C=O) groups excluding carboxylic acids is 1. The molecule has 0 aliphatic carbocycles. The van der Waals surface area contributed by atoms with Gasteiger partial charge in [0.25, 0.3) is 17.2 Å². The summed E-state index contributed by atoms with van der Waals surface area (Å²) < 4.78 is 1.23. The number of anilines is 1. The van der Waals surface area contributed by atoms with Crippen molar-refractivity contribution in [3.8, 4) is 22.4 Å². The highest BCUT2D eigenvalue weighted by Crippen LogP contribution is 2.33. The second kappa shape index (κ2) is 9.27. The normalized spacial score (nSPS) is 10.6. The molecule has 0 fully saturated rings. The number of carbonyl (C=O) groups is 1. The predicted molar refractivity (Wildman–Crippen MR) is 126 cm³/mol. The average molecular weight is 440 g/mol. The lowest BCUT2D eigenvalue weighted by Gasteiger charge is -2.17. The predicted octanol–water partition coefficient (Wildman–Crippen LogP) is 4.76. The molecule has 0 aliphatic rings. The molecule has 33 heavy (non-hydrogen) atoms. The van der Waals surface area contributed by atoms with Crippen molar-refractivity contribution in [3.63, 3.8) is 0 Å². The molecule has 1 aromatic heterocycles. The summed E-state index contributed by atoms with van der Waals surface area (Å²) in [5.74, 6) is -0.741. The summed E-state index contributed by atoms with van der Waals surface area (Å²) in [6, 6.07) is 24.1. The topological polar surface area (TPSA) is 107 Å². The van der Waals surface area contributed by atoms with E-state index in [1.807, 2.05) is 36.4 Å². The van der Waals surface area contributed by atoms with E-state index in [9.17, 15) is 19.7 Å². The number of hydrogen-bond donors (Lipinski definition) is 1. The minimum atomic E-state index is -0.741. The summed E-state index contributed by atoms with van der Waals surface area (Å²) in [4.78, 5) is 37.6. The largest absolute Gasteiger partial charge is 0.316 e. The first kappa shape index (κ1) is 21.6. The van der Waals surface area contributed by atoms with E-state index in [4.69, 9.17) is 0 Å². The lowest BCUT2D eigenvalue weighted by molar-refractivity contribution is -0.383. The number of amides is 1. The van der Waals surface area contributed by atoms with E-state index in [1.54, 1.807) is 37.3 Å². The zero-order chi connectivity index (χ0) is 23.4. The van der Waals surface area contributed by atoms with Gasteiger partial charge in [-0.1, -0.05) is 72.8 Å². The number of para-hydroxylation sites is 2. The Kier molecular flexibility index (Phi) is 6.08. The number of nitro benzene ring substituents is 1. The van der Waals surface area contributed by atoms with E-state index < -0.39 is 16.4 Å². The maximum Gasteiger partial charge on any atom is 0.292 e. The number of nitrogens with zero attached hydrogens (tertiary/aromatic N) is 3. The molecule has 0 aliphatic heterocycles. The van der Waals surface area contributed by atoms with E-state index in [0.717, 1.165) is 5.56 Å². The van der Waals surface area contributed by atoms with Crippen molar-refractivity contribution in [2.24, 2.45) is 0 Å². The van der Waals surface area contributed by atoms with Crippen molar-refractivity contribution in [2.75, 3.05) is 5.32 Å². The van der Waals surface area contributed by atoms with Crippen molar-refractivity contribution in [1.82, 2.24) is 9.78 Å². The Morgan fingerprint density at radius 2 is 1.52 bits per heavy atom. The molecule has 0 unspecified atom stereocenters. The molecular weight excluding hydrogens is 420 g/mol. The van der Waals surface area contributed by atoms with Gasteiger partial charge in [0.1, 0.15) is 11.3 Å². The Morgan fingerprint density at radius 3 is 2.12 bits per heavy atom. The van der Waals surface area contributed by atoms with Crippen LogP contribution in [0.5, 0.6) is 0 Å². The average Bonchev–Trinajstić information content (AvgIpc) is 2.85. The molecule has 0 saturated carbocycles. The zero-order valence-corrected chi connectivity index (χ0v) is 17.8. The van der Waals surface area contributed by atoms with Crippen LogP contribution in [0.2, 0.25) is 0 Å². The molecule has 1 amide bonds. The number of benzene rings is 3. The monoisotopic (exact) mass is 440 g/mol. The molecule has 4 aromatic rings. The van der Waals surface area contributed by atoms with Gasteiger partial charge in [0.15, 0.2) is 0 Å². The van der Waals surface area contributed by atoms with E-state index >= 15 is 0 Å². The fraction of sp³-hybridized carbons (Fsp3) is 0.0800. The first-order chi connectivity index (χ1) is 16.0. The van der Waals surface area contributed by atoms with Crippen molar-refractivity contribution < 1.29 is 9.72 Å². The Bertz CT molecular complexity index is 1380. The van der Waals surface area contributed by atoms with Crippen LogP contribution in [0.1, 0.15) is 17.3 Å². The maximum absolute atomic E-state index is 13.5. The second-order valence-electron chi connectivity index (χ2n) is 7.18. The van der Waals surface area contributed by atoms with Crippen molar-refractivity contribution in [2.45, 2.75) is 13.5 Å². The highest BCUT2D eigenvalue weighted by molar-refractivity contribution is 6.11. The number of aryl methyl sites for hydroxylation is 1. The molecule has 3 aromatic carbocycles. The molecular formula is C25H20N4O4. The molecule has 0 bridgehead atoms. The fourth-order valence-electron chi connectivity index (χ4n) is 3.60. The van der Waals surface area contributed by atoms with Crippen LogP contribution in [0.3, 0.4) is 0 Å². The maximum atomic E-state index is 13.5. The van der Waals surface area contributed by atoms with Gasteiger partial charge in [-0.15, -0.1) is 0 Å². The van der Waals surface area contributed by atoms with Crippen LogP contribution in [-0.2, 0) is 6.54 Å². The number of aromatic nitrogens is 2. The zero-order valence-electron chi connectivity index (χ0n) is 17.8. The van der Waals surface area contributed by atoms with Gasteiger partial charge in [0.05, 0.1) is 10.6 Å². The molecule has 0 saturated heterocycles. The van der Waals surface area contributed by atoms with E-state index in [0.29, 0.717) is 16.8 Å². The molecule has 8 heteroatoms. The number of hydrogen-bond acceptors (Lipinski definition) is 5. The molecule has 8 nitrogen and oxygen atoms in total. The summed E-state index contributed by atoms with van der Waals surface area (Å²) in [5.41, 5.74) is 1.24. The lowest BCUT2D eigenvalue weighted by Crippen LogP contribution is -2.32. The molecule has 0 radical (unpaired) electrons. The molecule has 4 rings (SSSR count). The van der Waals surface area contributed by atoms with Gasteiger partial charge < -0.3 is 5.32 Å². The van der Waals surface area contributed by atoms with Crippen LogP contribution < -0.4 is 10.9 Å². The first-order valence-electron chi connectivity index (χ1n) is 10.3. The van der Waals surface area contributed by atoms with Gasteiger partial charge >= 0.3 is 0 Å². The van der Waals surface area contributed by atoms with Gasteiger partial charge in [-0.05, 0) is 18.6 Å². The molecule has 164 valence electrons. The highest BCUT2D eigenvalue weighted by atomic mass is 16.6. The van der Waals surface area contributed by atoms with E-state index in [-0.39, 0.29) is 23.5 Å². The fourth-order valence-corrected chi connectivity index (χ4v) is 3.60. The summed E-state index contributed by atoms with van der Waals surface area (Å²) in [7, 11) is 0. The molecule has 0 atom stereocenters. The SMILES string of the molecule is CCn1nc(-c2ccccc2)c(-c2ccccc2)c(C(=O)Nc2ccccc2[N+](=O)[O-])c1=O. The summed E-state index contributed by atoms with van der Waals surface area (Å²) in [6.07, 6.45) is 0. The number of nitro groups is 1. The number of rotatable bonds is 6. The third-order valence-corrected chi connectivity index (χ3v) is 5.14. The summed E-state index contributed by atoms with van der Waals surface area (Å²) in [6.45, 7) is 2.01. The highest BCUT2D eigenvalue weighted by Gasteiger charge is 2.26. The minimum absolute atomic E-state index is 0.00651. The van der Waals surface area contributed by atoms with Crippen LogP contribution in [-0.4, -0.2) is 20.6 Å². The molecule has 1 N–H and O–H groups in total. The van der Waals surface area contributed by atoms with Crippen LogP contribution in [0.15, 0.2) is 89.7 Å². The smallest absolute Gasteiger partial charge is 0.292 e. The Morgan fingerprint density at radius 1 is 0.939 bits per heavy atom. The van der Waals surface area contributed by atoms with Crippen LogP contribution in [0.25, 0.3) is 22.4 Å². The van der Waals surface area contributed by atoms with Gasteiger partial charge in [0.2, 0.25) is 0 Å². The van der Waals surface area contributed by atoms with Crippen molar-refractivity contribution >= 4 is 17.3 Å². The van der Waals surface area contributed by atoms with Crippen LogP contribution in [0, 0.1) is 10.1 Å². The summed E-state index contributed by atoms with van der Waals surface area (Å²) in [5, 5.41) is 18.5.